The number of halogens is 1. The van der Waals surface area contributed by atoms with Gasteiger partial charge >= 0.3 is 6.09 Å². The highest BCUT2D eigenvalue weighted by molar-refractivity contribution is 5.63. The van der Waals surface area contributed by atoms with Gasteiger partial charge in [0.15, 0.2) is 6.30 Å². The van der Waals surface area contributed by atoms with Crippen molar-refractivity contribution in [1.82, 2.24) is 5.32 Å². The van der Waals surface area contributed by atoms with Crippen LogP contribution >= 0.6 is 0 Å². The molecule has 7 heavy (non-hydrogen) atoms. The molecule has 1 unspecified atom stereocenters. The third-order valence-electron chi connectivity index (χ3n) is 0.317. The van der Waals surface area contributed by atoms with Gasteiger partial charge in [-0.05, 0) is 6.92 Å². The third kappa shape index (κ3) is 5.20. The van der Waals surface area contributed by atoms with Gasteiger partial charge in [-0.25, -0.2) is 14.3 Å². The molecule has 0 aliphatic carbocycles. The van der Waals surface area contributed by atoms with Crippen molar-refractivity contribution in [1.29, 1.82) is 0 Å². The first-order chi connectivity index (χ1) is 3.13. The van der Waals surface area contributed by atoms with Crippen LogP contribution in [-0.4, -0.2) is 12.4 Å². The molecule has 1 amide bonds. The molecule has 0 heterocycles. The highest BCUT2D eigenvalue weighted by Crippen LogP contribution is 1.78. The van der Waals surface area contributed by atoms with Crippen molar-refractivity contribution >= 4 is 6.09 Å². The van der Waals surface area contributed by atoms with Gasteiger partial charge in [0.05, 0.1) is 0 Å². The van der Waals surface area contributed by atoms with Crippen molar-refractivity contribution in [3.8, 4) is 0 Å². The molecule has 0 aromatic rings. The maximum Gasteiger partial charge on any atom is 0.452 e. The molecule has 1 atom stereocenters. The number of hydrogen-bond acceptors (Lipinski definition) is 1. The van der Waals surface area contributed by atoms with Crippen LogP contribution in [-0.2, 0) is 5.11 Å². The molecule has 4 heteroatoms. The fraction of sp³-hybridized carbons (Fsp3) is 0.667. The van der Waals surface area contributed by atoms with E-state index in [1.54, 1.807) is 0 Å². The average molecular weight is 106 g/mol. The summed E-state index contributed by atoms with van der Waals surface area (Å²) >= 11 is 0. The number of nitrogens with one attached hydrogen (secondary N) is 1. The summed E-state index contributed by atoms with van der Waals surface area (Å²) in [6, 6.07) is 0. The van der Waals surface area contributed by atoms with Crippen molar-refractivity contribution in [3.05, 3.63) is 0 Å². The van der Waals surface area contributed by atoms with Crippen molar-refractivity contribution in [3.63, 3.8) is 0 Å². The number of amides is 1. The van der Waals surface area contributed by atoms with Crippen molar-refractivity contribution < 1.29 is 14.3 Å². The zero-order chi connectivity index (χ0) is 5.86. The average Bonchev–Trinajstić information content (AvgIpc) is 1.27. The minimum atomic E-state index is -1.59. The summed E-state index contributed by atoms with van der Waals surface area (Å²) < 4.78 is 11.4. The van der Waals surface area contributed by atoms with E-state index in [1.165, 1.54) is 5.32 Å². The maximum atomic E-state index is 11.4. The highest BCUT2D eigenvalue weighted by Gasteiger charge is 2.00. The molecular weight excluding hydrogens is 101 g/mol. The van der Waals surface area contributed by atoms with Gasteiger partial charge in [-0.3, -0.25) is 5.32 Å². The number of hydrogen-bond donors (Lipinski definition) is 1. The van der Waals surface area contributed by atoms with Crippen molar-refractivity contribution in [2.24, 2.45) is 0 Å². The first-order valence-corrected chi connectivity index (χ1v) is 1.74. The van der Waals surface area contributed by atoms with E-state index >= 15 is 0 Å². The molecule has 0 aromatic carbocycles. The molecule has 0 aliphatic heterocycles. The van der Waals surface area contributed by atoms with E-state index in [9.17, 15) is 14.3 Å². The molecule has 0 aromatic heterocycles. The minimum Gasteiger partial charge on any atom is -0.288 e. The Kier molecular flexibility index (Phi) is 2.11. The summed E-state index contributed by atoms with van der Waals surface area (Å²) in [5.41, 5.74) is 0. The molecule has 0 saturated heterocycles. The van der Waals surface area contributed by atoms with Gasteiger partial charge in [0, 0.05) is 0 Å². The van der Waals surface area contributed by atoms with Gasteiger partial charge in [0.25, 0.3) is 0 Å². The summed E-state index contributed by atoms with van der Waals surface area (Å²) in [4.78, 5) is 9.35. The fourth-order valence-corrected chi connectivity index (χ4v) is 0.162. The molecular formula is C3H5FNO2. The standard InChI is InChI=1S/C3H5FNO2/c1-2(4)5-3(6)7/h2,5H,1H3. The number of carbonyl (C=O) groups excluding carboxylic acids is 1. The Morgan fingerprint density at radius 1 is 1.86 bits per heavy atom. The van der Waals surface area contributed by atoms with Gasteiger partial charge in [-0.15, -0.1) is 0 Å². The predicted molar refractivity (Wildman–Crippen MR) is 19.8 cm³/mol. The van der Waals surface area contributed by atoms with Crippen molar-refractivity contribution in [2.45, 2.75) is 13.2 Å². The van der Waals surface area contributed by atoms with Crippen LogP contribution < -0.4 is 5.32 Å². The zero-order valence-electron chi connectivity index (χ0n) is 3.77. The van der Waals surface area contributed by atoms with Gasteiger partial charge < -0.3 is 0 Å². The molecule has 1 N–H and O–H groups in total. The van der Waals surface area contributed by atoms with Crippen LogP contribution in [0, 0.1) is 0 Å². The van der Waals surface area contributed by atoms with E-state index in [0.717, 1.165) is 6.92 Å². The minimum absolute atomic E-state index is 1.07. The Morgan fingerprint density at radius 2 is 2.29 bits per heavy atom. The van der Waals surface area contributed by atoms with E-state index in [2.05, 4.69) is 0 Å². The Bertz CT molecular complexity index is 73.3. The monoisotopic (exact) mass is 106 g/mol. The molecule has 41 valence electrons. The topological polar surface area (TPSA) is 49.0 Å². The Labute approximate surface area is 40.1 Å². The Hall–Kier alpha value is -0.800. The lowest BCUT2D eigenvalue weighted by molar-refractivity contribution is 0.152. The largest absolute Gasteiger partial charge is 0.452 e. The smallest absolute Gasteiger partial charge is 0.288 e. The zero-order valence-corrected chi connectivity index (χ0v) is 3.77. The summed E-state index contributed by atoms with van der Waals surface area (Å²) in [5.74, 6) is 0. The first kappa shape index (κ1) is 6.20. The second-order valence-corrected chi connectivity index (χ2v) is 1.05. The predicted octanol–water partition coefficient (Wildman–Crippen LogP) is 0.442. The van der Waals surface area contributed by atoms with Crippen LogP contribution in [0.25, 0.3) is 0 Å². The fourth-order valence-electron chi connectivity index (χ4n) is 0.162. The van der Waals surface area contributed by atoms with Gasteiger partial charge in [0.1, 0.15) is 0 Å². The normalized spacial score (nSPS) is 12.9. The van der Waals surface area contributed by atoms with E-state index in [4.69, 9.17) is 0 Å². The lowest BCUT2D eigenvalue weighted by Crippen LogP contribution is -2.26. The molecule has 0 spiro atoms. The van der Waals surface area contributed by atoms with Crippen LogP contribution in [0.3, 0.4) is 0 Å². The molecule has 0 saturated carbocycles. The number of rotatable bonds is 1. The summed E-state index contributed by atoms with van der Waals surface area (Å²) in [5, 5.41) is 10.8. The van der Waals surface area contributed by atoms with Crippen LogP contribution in [0.1, 0.15) is 6.92 Å². The first-order valence-electron chi connectivity index (χ1n) is 1.74. The molecule has 3 nitrogen and oxygen atoms in total. The summed E-state index contributed by atoms with van der Waals surface area (Å²) in [7, 11) is 0. The van der Waals surface area contributed by atoms with Crippen LogP contribution in [0.15, 0.2) is 0 Å². The van der Waals surface area contributed by atoms with Crippen LogP contribution in [0.2, 0.25) is 0 Å². The van der Waals surface area contributed by atoms with E-state index < -0.39 is 12.4 Å². The summed E-state index contributed by atoms with van der Waals surface area (Å²) in [6.07, 6.45) is -3.12. The van der Waals surface area contributed by atoms with Gasteiger partial charge in [0.2, 0.25) is 0 Å². The number of alkyl halides is 1. The van der Waals surface area contributed by atoms with E-state index in [0.29, 0.717) is 0 Å². The second kappa shape index (κ2) is 2.39. The molecule has 0 fully saturated rings. The molecule has 0 rings (SSSR count). The Morgan fingerprint density at radius 3 is 2.29 bits per heavy atom. The Balaban J connectivity index is 3.13. The van der Waals surface area contributed by atoms with Gasteiger partial charge in [-0.2, -0.15) is 0 Å². The van der Waals surface area contributed by atoms with Crippen molar-refractivity contribution in [2.75, 3.05) is 0 Å². The van der Waals surface area contributed by atoms with Gasteiger partial charge in [-0.1, -0.05) is 0 Å². The molecule has 1 radical (unpaired) electrons. The lowest BCUT2D eigenvalue weighted by atomic mass is 10.7. The van der Waals surface area contributed by atoms with Crippen LogP contribution in [0.5, 0.6) is 0 Å². The lowest BCUT2D eigenvalue weighted by Gasteiger charge is -1.94. The SMILES string of the molecule is CC(F)NC([O])=O. The molecule has 0 bridgehead atoms. The van der Waals surface area contributed by atoms with E-state index in [-0.39, 0.29) is 0 Å². The highest BCUT2D eigenvalue weighted by atomic mass is 19.1. The summed E-state index contributed by atoms with van der Waals surface area (Å²) in [6.45, 7) is 1.07. The molecule has 0 aliphatic rings. The third-order valence-corrected chi connectivity index (χ3v) is 0.317. The quantitative estimate of drug-likeness (QED) is 0.484. The number of carbonyl (C=O) groups is 1. The maximum absolute atomic E-state index is 11.4. The van der Waals surface area contributed by atoms with Crippen LogP contribution in [0.4, 0.5) is 9.18 Å². The van der Waals surface area contributed by atoms with E-state index in [1.807, 2.05) is 0 Å². The second-order valence-electron chi connectivity index (χ2n) is 1.05.